The molecule has 0 aliphatic rings. The summed E-state index contributed by atoms with van der Waals surface area (Å²) >= 11 is 0. The van der Waals surface area contributed by atoms with Gasteiger partial charge in [0.05, 0.1) is 38.7 Å². The monoisotopic (exact) mass is 829 g/mol. The second-order valence-electron chi connectivity index (χ2n) is 16.8. The van der Waals surface area contributed by atoms with Crippen molar-refractivity contribution >= 4 is 87.1 Å². The van der Waals surface area contributed by atoms with Crippen molar-refractivity contribution in [1.82, 2.24) is 24.1 Å². The Morgan fingerprint density at radius 1 is 0.338 bits per heavy atom. The quantitative estimate of drug-likeness (QED) is 0.173. The predicted octanol–water partition coefficient (Wildman–Crippen LogP) is 15.3. The van der Waals surface area contributed by atoms with E-state index in [9.17, 15) is 0 Å². The highest BCUT2D eigenvalue weighted by molar-refractivity contribution is 6.18. The Morgan fingerprint density at radius 2 is 0.923 bits per heavy atom. The zero-order chi connectivity index (χ0) is 42.6. The van der Waals surface area contributed by atoms with Gasteiger partial charge in [-0.25, -0.2) is 15.0 Å². The first kappa shape index (κ1) is 35.7. The fourth-order valence-electron chi connectivity index (χ4n) is 10.2. The summed E-state index contributed by atoms with van der Waals surface area (Å²) < 4.78 is 11.7. The predicted molar refractivity (Wildman–Crippen MR) is 267 cm³/mol. The Labute approximate surface area is 371 Å². The third-order valence-corrected chi connectivity index (χ3v) is 13.1. The van der Waals surface area contributed by atoms with Crippen molar-refractivity contribution in [2.24, 2.45) is 0 Å². The lowest BCUT2D eigenvalue weighted by Gasteiger charge is -2.13. The van der Waals surface area contributed by atoms with E-state index in [4.69, 9.17) is 19.4 Å². The van der Waals surface area contributed by atoms with Crippen LogP contribution in [0.25, 0.3) is 133 Å². The van der Waals surface area contributed by atoms with Gasteiger partial charge in [0.15, 0.2) is 17.5 Å². The molecule has 6 heteroatoms. The first-order valence-corrected chi connectivity index (χ1v) is 21.9. The number of hydrogen-bond donors (Lipinski definition) is 0. The Bertz CT molecular complexity index is 4250. The maximum atomic E-state index is 6.97. The SMILES string of the molecule is c1ccc(-n2c3ccccc3c3cc(-c4nc(-c5cccc6ccccc56)nc(-c5ccc(-n6c7ccccc7c7cc8ccccc8cc76)c6c5oc5ccccc56)n4)ccc32)cc1. The highest BCUT2D eigenvalue weighted by Crippen LogP contribution is 2.44. The molecule has 0 N–H and O–H groups in total. The van der Waals surface area contributed by atoms with Crippen LogP contribution in [-0.2, 0) is 0 Å². The van der Waals surface area contributed by atoms with Crippen LogP contribution >= 0.6 is 0 Å². The van der Waals surface area contributed by atoms with E-state index >= 15 is 0 Å². The van der Waals surface area contributed by atoms with Crippen molar-refractivity contribution in [3.05, 3.63) is 212 Å². The molecule has 0 saturated carbocycles. The molecule has 0 unspecified atom stereocenters. The molecule has 0 bridgehead atoms. The van der Waals surface area contributed by atoms with E-state index < -0.39 is 0 Å². The van der Waals surface area contributed by atoms with Gasteiger partial charge >= 0.3 is 0 Å². The lowest BCUT2D eigenvalue weighted by Crippen LogP contribution is -2.02. The van der Waals surface area contributed by atoms with E-state index in [2.05, 4.69) is 209 Å². The molecule has 0 fully saturated rings. The molecule has 4 heterocycles. The molecule has 0 aliphatic heterocycles. The van der Waals surface area contributed by atoms with Crippen LogP contribution in [0, 0.1) is 0 Å². The smallest absolute Gasteiger partial charge is 0.167 e. The standard InChI is InChI=1S/C59H35N5O/c1-2-19-40(20-3-1)63-49-26-11-8-22-42(49)47-34-39(29-31-51(47)63)57-60-58(44-25-14-18-36-15-6-7-21-41(36)44)62-59(61-57)46-30-32-52(55-45-24-10-13-28-54(45)65-56(46)55)64-50-27-12-9-23-43(50)48-33-37-16-4-5-17-38(37)35-53(48)64/h1-35H. The van der Waals surface area contributed by atoms with Gasteiger partial charge in [0.25, 0.3) is 0 Å². The van der Waals surface area contributed by atoms with Gasteiger partial charge in [-0.3, -0.25) is 0 Å². The van der Waals surface area contributed by atoms with E-state index in [-0.39, 0.29) is 0 Å². The Balaban J connectivity index is 1.04. The van der Waals surface area contributed by atoms with Crippen molar-refractivity contribution in [3.8, 4) is 45.5 Å². The number of fused-ring (bicyclic) bond motifs is 11. The number of para-hydroxylation sites is 4. The van der Waals surface area contributed by atoms with E-state index in [1.807, 2.05) is 12.1 Å². The molecule has 0 aliphatic carbocycles. The molecular formula is C59H35N5O. The van der Waals surface area contributed by atoms with Gasteiger partial charge in [-0.1, -0.05) is 140 Å². The average molecular weight is 830 g/mol. The lowest BCUT2D eigenvalue weighted by atomic mass is 10.0. The van der Waals surface area contributed by atoms with Gasteiger partial charge < -0.3 is 13.6 Å². The minimum atomic E-state index is 0.536. The van der Waals surface area contributed by atoms with Gasteiger partial charge in [0.1, 0.15) is 11.2 Å². The summed E-state index contributed by atoms with van der Waals surface area (Å²) in [7, 11) is 0. The third-order valence-electron chi connectivity index (χ3n) is 13.1. The van der Waals surface area contributed by atoms with E-state index in [0.29, 0.717) is 17.5 Å². The first-order chi connectivity index (χ1) is 32.2. The highest BCUT2D eigenvalue weighted by atomic mass is 16.3. The molecule has 0 atom stereocenters. The molecule has 10 aromatic carbocycles. The topological polar surface area (TPSA) is 61.7 Å². The summed E-state index contributed by atoms with van der Waals surface area (Å²) in [5.74, 6) is 1.71. The van der Waals surface area contributed by atoms with Crippen LogP contribution in [0.5, 0.6) is 0 Å². The molecular weight excluding hydrogens is 795 g/mol. The number of aromatic nitrogens is 5. The number of benzene rings is 10. The molecule has 6 nitrogen and oxygen atoms in total. The number of furan rings is 1. The third kappa shape index (κ3) is 5.38. The van der Waals surface area contributed by atoms with Gasteiger partial charge in [-0.05, 0) is 94.3 Å². The molecule has 4 aromatic heterocycles. The van der Waals surface area contributed by atoms with Crippen LogP contribution in [0.15, 0.2) is 217 Å². The number of rotatable bonds is 5. The fraction of sp³-hybridized carbons (Fsp3) is 0. The van der Waals surface area contributed by atoms with Crippen molar-refractivity contribution in [2.75, 3.05) is 0 Å². The van der Waals surface area contributed by atoms with Crippen molar-refractivity contribution in [2.45, 2.75) is 0 Å². The van der Waals surface area contributed by atoms with Crippen LogP contribution in [0.3, 0.4) is 0 Å². The van der Waals surface area contributed by atoms with Crippen molar-refractivity contribution in [1.29, 1.82) is 0 Å². The second-order valence-corrected chi connectivity index (χ2v) is 16.8. The highest BCUT2D eigenvalue weighted by Gasteiger charge is 2.24. The second kappa shape index (κ2) is 13.8. The maximum absolute atomic E-state index is 6.97. The molecule has 14 aromatic rings. The van der Waals surface area contributed by atoms with E-state index in [0.717, 1.165) is 93.6 Å². The van der Waals surface area contributed by atoms with E-state index in [1.165, 1.54) is 21.5 Å². The Hall–Kier alpha value is -8.87. The molecule has 0 amide bonds. The molecule has 0 spiro atoms. The summed E-state index contributed by atoms with van der Waals surface area (Å²) in [6, 6.07) is 75.0. The fourth-order valence-corrected chi connectivity index (χ4v) is 10.2. The van der Waals surface area contributed by atoms with Crippen molar-refractivity contribution < 1.29 is 4.42 Å². The largest absolute Gasteiger partial charge is 0.455 e. The molecule has 65 heavy (non-hydrogen) atoms. The van der Waals surface area contributed by atoms with Crippen LogP contribution in [0.2, 0.25) is 0 Å². The van der Waals surface area contributed by atoms with Gasteiger partial charge in [0, 0.05) is 43.7 Å². The lowest BCUT2D eigenvalue weighted by molar-refractivity contribution is 0.669. The van der Waals surface area contributed by atoms with E-state index in [1.54, 1.807) is 0 Å². The molecule has 0 saturated heterocycles. The normalized spacial score (nSPS) is 12.0. The summed E-state index contributed by atoms with van der Waals surface area (Å²) in [6.07, 6.45) is 0. The van der Waals surface area contributed by atoms with Gasteiger partial charge in [-0.15, -0.1) is 0 Å². The number of nitrogens with zero attached hydrogens (tertiary/aromatic N) is 5. The minimum absolute atomic E-state index is 0.536. The van der Waals surface area contributed by atoms with Gasteiger partial charge in [-0.2, -0.15) is 0 Å². The number of hydrogen-bond acceptors (Lipinski definition) is 4. The zero-order valence-corrected chi connectivity index (χ0v) is 34.9. The Morgan fingerprint density at radius 3 is 1.72 bits per heavy atom. The van der Waals surface area contributed by atoms with Crippen LogP contribution in [0.4, 0.5) is 0 Å². The molecule has 302 valence electrons. The zero-order valence-electron chi connectivity index (χ0n) is 34.9. The average Bonchev–Trinajstić information content (AvgIpc) is 4.03. The van der Waals surface area contributed by atoms with Crippen molar-refractivity contribution in [3.63, 3.8) is 0 Å². The maximum Gasteiger partial charge on any atom is 0.167 e. The minimum Gasteiger partial charge on any atom is -0.455 e. The Kier molecular flexibility index (Phi) is 7.59. The molecule has 0 radical (unpaired) electrons. The summed E-state index contributed by atoms with van der Waals surface area (Å²) in [6.45, 7) is 0. The summed E-state index contributed by atoms with van der Waals surface area (Å²) in [5.41, 5.74) is 10.8. The molecule has 14 rings (SSSR count). The van der Waals surface area contributed by atoms with Gasteiger partial charge in [0.2, 0.25) is 0 Å². The summed E-state index contributed by atoms with van der Waals surface area (Å²) in [5, 5.41) is 11.3. The van der Waals surface area contributed by atoms with Crippen LogP contribution < -0.4 is 0 Å². The first-order valence-electron chi connectivity index (χ1n) is 21.9. The summed E-state index contributed by atoms with van der Waals surface area (Å²) in [4.78, 5) is 16.1. The van der Waals surface area contributed by atoms with Crippen LogP contribution in [0.1, 0.15) is 0 Å². The van der Waals surface area contributed by atoms with Crippen LogP contribution in [-0.4, -0.2) is 24.1 Å².